The predicted molar refractivity (Wildman–Crippen MR) is 65.3 cm³/mol. The molecule has 1 aliphatic rings. The maximum atomic E-state index is 10.5. The number of aliphatic hydroxyl groups excluding tert-OH is 2. The van der Waals surface area contributed by atoms with E-state index in [0.717, 1.165) is 18.5 Å². The maximum Gasteiger partial charge on any atom is 0.269 e. The Bertz CT molecular complexity index is 411. The van der Waals surface area contributed by atoms with E-state index >= 15 is 0 Å². The van der Waals surface area contributed by atoms with Gasteiger partial charge in [-0.2, -0.15) is 0 Å². The third kappa shape index (κ3) is 3.04. The van der Waals surface area contributed by atoms with Crippen molar-refractivity contribution >= 4 is 5.69 Å². The van der Waals surface area contributed by atoms with Gasteiger partial charge in [-0.1, -0.05) is 12.1 Å². The SMILES string of the molecule is O=[N+]([O-])c1ccc(CCN2CC(O)C(O)C2)cc1. The topological polar surface area (TPSA) is 86.8 Å². The van der Waals surface area contributed by atoms with Crippen LogP contribution in [-0.2, 0) is 6.42 Å². The van der Waals surface area contributed by atoms with Gasteiger partial charge < -0.3 is 10.2 Å². The zero-order valence-corrected chi connectivity index (χ0v) is 9.90. The predicted octanol–water partition coefficient (Wildman–Crippen LogP) is 0.175. The highest BCUT2D eigenvalue weighted by Gasteiger charge is 2.28. The fraction of sp³-hybridized carbons (Fsp3) is 0.500. The van der Waals surface area contributed by atoms with Gasteiger partial charge in [0.05, 0.1) is 17.1 Å². The number of non-ortho nitro benzene ring substituents is 1. The van der Waals surface area contributed by atoms with E-state index in [1.165, 1.54) is 12.1 Å². The summed E-state index contributed by atoms with van der Waals surface area (Å²) in [5.41, 5.74) is 1.10. The fourth-order valence-corrected chi connectivity index (χ4v) is 2.10. The van der Waals surface area contributed by atoms with Crippen molar-refractivity contribution in [2.45, 2.75) is 18.6 Å². The van der Waals surface area contributed by atoms with Gasteiger partial charge in [0.25, 0.3) is 5.69 Å². The van der Waals surface area contributed by atoms with Gasteiger partial charge in [-0.15, -0.1) is 0 Å². The first kappa shape index (κ1) is 12.9. The van der Waals surface area contributed by atoms with Crippen LogP contribution in [0, 0.1) is 10.1 Å². The smallest absolute Gasteiger partial charge is 0.269 e. The van der Waals surface area contributed by atoms with Crippen molar-refractivity contribution in [2.24, 2.45) is 0 Å². The molecular weight excluding hydrogens is 236 g/mol. The van der Waals surface area contributed by atoms with E-state index in [1.54, 1.807) is 12.1 Å². The molecule has 2 atom stereocenters. The van der Waals surface area contributed by atoms with E-state index in [1.807, 2.05) is 4.90 Å². The van der Waals surface area contributed by atoms with Crippen molar-refractivity contribution in [3.8, 4) is 0 Å². The molecule has 0 spiro atoms. The molecule has 0 aliphatic carbocycles. The van der Waals surface area contributed by atoms with Crippen LogP contribution in [0.25, 0.3) is 0 Å². The first-order valence-electron chi connectivity index (χ1n) is 5.88. The lowest BCUT2D eigenvalue weighted by atomic mass is 10.1. The zero-order valence-electron chi connectivity index (χ0n) is 9.90. The van der Waals surface area contributed by atoms with Crippen LogP contribution in [0.2, 0.25) is 0 Å². The molecule has 2 unspecified atom stereocenters. The Kier molecular flexibility index (Phi) is 3.90. The third-order valence-corrected chi connectivity index (χ3v) is 3.20. The van der Waals surface area contributed by atoms with Crippen LogP contribution in [0.4, 0.5) is 5.69 Å². The minimum Gasteiger partial charge on any atom is -0.389 e. The van der Waals surface area contributed by atoms with Crippen LogP contribution in [0.15, 0.2) is 24.3 Å². The second kappa shape index (κ2) is 5.43. The van der Waals surface area contributed by atoms with E-state index in [4.69, 9.17) is 0 Å². The summed E-state index contributed by atoms with van der Waals surface area (Å²) in [5.74, 6) is 0. The van der Waals surface area contributed by atoms with E-state index in [0.29, 0.717) is 13.1 Å². The molecule has 1 saturated heterocycles. The Morgan fingerprint density at radius 2 is 1.78 bits per heavy atom. The molecule has 6 nitrogen and oxygen atoms in total. The number of nitrogens with zero attached hydrogens (tertiary/aromatic N) is 2. The molecular formula is C12H16N2O4. The number of nitro benzene ring substituents is 1. The number of likely N-dealkylation sites (tertiary alicyclic amines) is 1. The van der Waals surface area contributed by atoms with Crippen molar-refractivity contribution in [1.82, 2.24) is 4.90 Å². The summed E-state index contributed by atoms with van der Waals surface area (Å²) in [7, 11) is 0. The number of hydrogen-bond donors (Lipinski definition) is 2. The van der Waals surface area contributed by atoms with Crippen LogP contribution in [0.5, 0.6) is 0 Å². The van der Waals surface area contributed by atoms with Crippen molar-refractivity contribution < 1.29 is 15.1 Å². The molecule has 6 heteroatoms. The molecule has 1 fully saturated rings. The van der Waals surface area contributed by atoms with Crippen LogP contribution in [-0.4, -0.2) is 51.9 Å². The molecule has 1 aromatic rings. The Balaban J connectivity index is 1.85. The number of benzene rings is 1. The van der Waals surface area contributed by atoms with Crippen LogP contribution >= 0.6 is 0 Å². The standard InChI is InChI=1S/C12H16N2O4/c15-11-7-13(8-12(11)16)6-5-9-1-3-10(4-2-9)14(17)18/h1-4,11-12,15-16H,5-8H2. The Morgan fingerprint density at radius 3 is 2.28 bits per heavy atom. The van der Waals surface area contributed by atoms with E-state index in [9.17, 15) is 20.3 Å². The average Bonchev–Trinajstić information content (AvgIpc) is 2.67. The van der Waals surface area contributed by atoms with E-state index < -0.39 is 17.1 Å². The zero-order chi connectivity index (χ0) is 13.1. The second-order valence-electron chi connectivity index (χ2n) is 4.57. The molecule has 0 bridgehead atoms. The molecule has 0 saturated carbocycles. The lowest BCUT2D eigenvalue weighted by Gasteiger charge is -2.14. The van der Waals surface area contributed by atoms with E-state index in [-0.39, 0.29) is 5.69 Å². The molecule has 0 amide bonds. The minimum atomic E-state index is -0.665. The largest absolute Gasteiger partial charge is 0.389 e. The molecule has 2 N–H and O–H groups in total. The van der Waals surface area contributed by atoms with Gasteiger partial charge in [0, 0.05) is 31.8 Å². The first-order valence-corrected chi connectivity index (χ1v) is 5.88. The highest BCUT2D eigenvalue weighted by atomic mass is 16.6. The van der Waals surface area contributed by atoms with Crippen molar-refractivity contribution in [3.63, 3.8) is 0 Å². The summed E-state index contributed by atoms with van der Waals surface area (Å²) < 4.78 is 0. The van der Waals surface area contributed by atoms with Gasteiger partial charge in [0.2, 0.25) is 0 Å². The highest BCUT2D eigenvalue weighted by Crippen LogP contribution is 2.14. The van der Waals surface area contributed by atoms with Gasteiger partial charge in [-0.05, 0) is 12.0 Å². The normalized spacial score (nSPS) is 24.3. The number of rotatable bonds is 4. The Morgan fingerprint density at radius 1 is 1.22 bits per heavy atom. The first-order chi connectivity index (χ1) is 8.56. The summed E-state index contributed by atoms with van der Waals surface area (Å²) in [4.78, 5) is 12.1. The summed E-state index contributed by atoms with van der Waals surface area (Å²) in [6.45, 7) is 1.69. The minimum absolute atomic E-state index is 0.0887. The number of hydrogen-bond acceptors (Lipinski definition) is 5. The molecule has 1 aliphatic heterocycles. The fourth-order valence-electron chi connectivity index (χ4n) is 2.10. The van der Waals surface area contributed by atoms with Crippen LogP contribution < -0.4 is 0 Å². The monoisotopic (exact) mass is 252 g/mol. The maximum absolute atomic E-state index is 10.5. The molecule has 1 heterocycles. The van der Waals surface area contributed by atoms with Crippen molar-refractivity contribution in [2.75, 3.05) is 19.6 Å². The van der Waals surface area contributed by atoms with Crippen LogP contribution in [0.3, 0.4) is 0 Å². The third-order valence-electron chi connectivity index (χ3n) is 3.20. The van der Waals surface area contributed by atoms with Crippen molar-refractivity contribution in [3.05, 3.63) is 39.9 Å². The van der Waals surface area contributed by atoms with Gasteiger partial charge in [-0.25, -0.2) is 0 Å². The molecule has 0 aromatic heterocycles. The Hall–Kier alpha value is -1.50. The summed E-state index contributed by atoms with van der Waals surface area (Å²) in [6.07, 6.45) is -0.582. The highest BCUT2D eigenvalue weighted by molar-refractivity contribution is 5.32. The molecule has 1 aromatic carbocycles. The molecule has 0 radical (unpaired) electrons. The average molecular weight is 252 g/mol. The van der Waals surface area contributed by atoms with Gasteiger partial charge >= 0.3 is 0 Å². The molecule has 2 rings (SSSR count). The molecule has 18 heavy (non-hydrogen) atoms. The quantitative estimate of drug-likeness (QED) is 0.589. The Labute approximate surface area is 105 Å². The summed E-state index contributed by atoms with van der Waals surface area (Å²) in [6, 6.07) is 6.45. The number of nitro groups is 1. The lowest BCUT2D eigenvalue weighted by molar-refractivity contribution is -0.384. The lowest BCUT2D eigenvalue weighted by Crippen LogP contribution is -2.24. The second-order valence-corrected chi connectivity index (χ2v) is 4.57. The molecule has 98 valence electrons. The van der Waals surface area contributed by atoms with E-state index in [2.05, 4.69) is 0 Å². The number of aliphatic hydroxyl groups is 2. The summed E-state index contributed by atoms with van der Waals surface area (Å²) >= 11 is 0. The van der Waals surface area contributed by atoms with Gasteiger partial charge in [0.1, 0.15) is 0 Å². The van der Waals surface area contributed by atoms with Crippen molar-refractivity contribution in [1.29, 1.82) is 0 Å². The van der Waals surface area contributed by atoms with Gasteiger partial charge in [-0.3, -0.25) is 15.0 Å². The van der Waals surface area contributed by atoms with Crippen LogP contribution in [0.1, 0.15) is 5.56 Å². The number of β-amino-alcohol motifs (C(OH)–C–C–N with tert-alkyl or cyclic N) is 2. The van der Waals surface area contributed by atoms with Gasteiger partial charge in [0.15, 0.2) is 0 Å². The summed E-state index contributed by atoms with van der Waals surface area (Å²) in [5, 5.41) is 29.3.